The zero-order valence-corrected chi connectivity index (χ0v) is 21.8. The lowest BCUT2D eigenvalue weighted by atomic mass is 10.0. The fourth-order valence-electron chi connectivity index (χ4n) is 4.19. The maximum atomic E-state index is 15.1. The summed E-state index contributed by atoms with van der Waals surface area (Å²) in [5, 5.41) is 2.77. The van der Waals surface area contributed by atoms with E-state index in [2.05, 4.69) is 15.3 Å². The number of hydrogen-bond acceptors (Lipinski definition) is 7. The molecular weight excluding hydrogens is 497 g/mol. The normalized spacial score (nSPS) is 16.8. The van der Waals surface area contributed by atoms with Crippen LogP contribution in [0.25, 0.3) is 22.4 Å². The van der Waals surface area contributed by atoms with Crippen LogP contribution in [0.2, 0.25) is 0 Å². The van der Waals surface area contributed by atoms with E-state index in [0.29, 0.717) is 36.2 Å². The molecule has 1 aliphatic heterocycles. The Labute approximate surface area is 215 Å². The monoisotopic (exact) mass is 527 g/mol. The number of halogens is 1. The zero-order valence-electron chi connectivity index (χ0n) is 20.9. The number of nitrogens with one attached hydrogen (secondary N) is 1. The van der Waals surface area contributed by atoms with Crippen LogP contribution in [-0.4, -0.2) is 53.5 Å². The summed E-state index contributed by atoms with van der Waals surface area (Å²) in [4.78, 5) is 20.3. The number of anilines is 1. The van der Waals surface area contributed by atoms with E-state index in [1.165, 1.54) is 34.9 Å². The minimum absolute atomic E-state index is 0.0624. The Morgan fingerprint density at radius 1 is 1.14 bits per heavy atom. The van der Waals surface area contributed by atoms with E-state index in [-0.39, 0.29) is 28.9 Å². The van der Waals surface area contributed by atoms with Crippen LogP contribution in [0.4, 0.5) is 15.0 Å². The molecule has 2 aromatic carbocycles. The summed E-state index contributed by atoms with van der Waals surface area (Å²) in [7, 11) is -3.94. The standard InChI is InChI=1S/C26H30FN5O4S/c1-26(2,3)36-25(33)31-18-7-6-12-32(16-18)37(34,35)23-9-5-4-8-19(23)17-10-11-20(21(27)13-17)22-14-30-24(28)15-29-22/h4-5,8-11,13-15,18H,6-7,12,16H2,1-3H3,(H2,28,30)(H,31,33). The van der Waals surface area contributed by atoms with Gasteiger partial charge in [-0.3, -0.25) is 4.98 Å². The number of carbonyl (C=O) groups excluding carboxylic acids is 1. The molecule has 3 N–H and O–H groups in total. The number of aromatic nitrogens is 2. The van der Waals surface area contributed by atoms with Crippen LogP contribution < -0.4 is 11.1 Å². The van der Waals surface area contributed by atoms with Crippen LogP contribution >= 0.6 is 0 Å². The number of nitrogens with zero attached hydrogens (tertiary/aromatic N) is 3. The molecule has 2 heterocycles. The van der Waals surface area contributed by atoms with E-state index in [9.17, 15) is 13.2 Å². The third-order valence-electron chi connectivity index (χ3n) is 5.84. The predicted octanol–water partition coefficient (Wildman–Crippen LogP) is 4.21. The number of benzene rings is 2. The highest BCUT2D eigenvalue weighted by Crippen LogP contribution is 2.33. The van der Waals surface area contributed by atoms with Gasteiger partial charge in [0.1, 0.15) is 17.2 Å². The molecule has 0 aliphatic carbocycles. The molecule has 37 heavy (non-hydrogen) atoms. The number of carbonyl (C=O) groups is 1. The summed E-state index contributed by atoms with van der Waals surface area (Å²) in [6.45, 7) is 5.71. The first kappa shape index (κ1) is 26.5. The molecule has 1 saturated heterocycles. The van der Waals surface area contributed by atoms with Gasteiger partial charge in [-0.25, -0.2) is 22.6 Å². The first-order valence-electron chi connectivity index (χ1n) is 11.9. The number of piperidine rings is 1. The Morgan fingerprint density at radius 2 is 1.89 bits per heavy atom. The maximum Gasteiger partial charge on any atom is 0.407 e. The number of ether oxygens (including phenoxy) is 1. The van der Waals surface area contributed by atoms with Crippen molar-refractivity contribution >= 4 is 21.9 Å². The Kier molecular flexibility index (Phi) is 7.47. The smallest absolute Gasteiger partial charge is 0.407 e. The van der Waals surface area contributed by atoms with Gasteiger partial charge < -0.3 is 15.8 Å². The van der Waals surface area contributed by atoms with Gasteiger partial charge in [-0.2, -0.15) is 4.31 Å². The van der Waals surface area contributed by atoms with Gasteiger partial charge in [-0.05, 0) is 57.4 Å². The molecule has 9 nitrogen and oxygen atoms in total. The van der Waals surface area contributed by atoms with Gasteiger partial charge in [0.2, 0.25) is 10.0 Å². The molecule has 3 aromatic rings. The van der Waals surface area contributed by atoms with E-state index >= 15 is 4.39 Å². The van der Waals surface area contributed by atoms with Crippen molar-refractivity contribution < 1.29 is 22.3 Å². The van der Waals surface area contributed by atoms with Crippen LogP contribution in [0.15, 0.2) is 59.8 Å². The molecule has 0 saturated carbocycles. The van der Waals surface area contributed by atoms with E-state index in [0.717, 1.165) is 0 Å². The van der Waals surface area contributed by atoms with Crippen LogP contribution in [0.3, 0.4) is 0 Å². The number of nitrogen functional groups attached to an aromatic ring is 1. The molecule has 1 atom stereocenters. The van der Waals surface area contributed by atoms with Crippen molar-refractivity contribution in [1.82, 2.24) is 19.6 Å². The summed E-state index contributed by atoms with van der Waals surface area (Å²) in [6, 6.07) is 10.6. The number of alkyl carbamates (subject to hydrolysis) is 1. The fraction of sp³-hybridized carbons (Fsp3) is 0.346. The summed E-state index contributed by atoms with van der Waals surface area (Å²) in [5.74, 6) is -0.343. The first-order valence-corrected chi connectivity index (χ1v) is 13.3. The van der Waals surface area contributed by atoms with Crippen molar-refractivity contribution in [2.45, 2.75) is 50.2 Å². The lowest BCUT2D eigenvalue weighted by Gasteiger charge is -2.33. The highest BCUT2D eigenvalue weighted by Gasteiger charge is 2.33. The number of nitrogens with two attached hydrogens (primary N) is 1. The SMILES string of the molecule is CC(C)(C)OC(=O)NC1CCCN(S(=O)(=O)c2ccccc2-c2ccc(-c3cnc(N)cn3)c(F)c2)C1. The molecule has 1 aromatic heterocycles. The van der Waals surface area contributed by atoms with Gasteiger partial charge in [0.25, 0.3) is 0 Å². The number of amides is 1. The molecule has 1 aliphatic rings. The van der Waals surface area contributed by atoms with Gasteiger partial charge in [0.15, 0.2) is 0 Å². The van der Waals surface area contributed by atoms with E-state index in [1.54, 1.807) is 45.0 Å². The second-order valence-electron chi connectivity index (χ2n) is 9.87. The second-order valence-corrected chi connectivity index (χ2v) is 11.8. The summed E-state index contributed by atoms with van der Waals surface area (Å²) >= 11 is 0. The second kappa shape index (κ2) is 10.4. The number of hydrogen-bond donors (Lipinski definition) is 2. The fourth-order valence-corrected chi connectivity index (χ4v) is 5.93. The lowest BCUT2D eigenvalue weighted by Crippen LogP contribution is -2.50. The molecule has 0 spiro atoms. The molecular formula is C26H30FN5O4S. The van der Waals surface area contributed by atoms with Crippen molar-refractivity contribution in [2.24, 2.45) is 0 Å². The zero-order chi connectivity index (χ0) is 26.8. The molecule has 4 rings (SSSR count). The number of rotatable bonds is 5. The molecule has 11 heteroatoms. The molecule has 1 fully saturated rings. The van der Waals surface area contributed by atoms with Crippen LogP contribution in [0, 0.1) is 5.82 Å². The van der Waals surface area contributed by atoms with Crippen molar-refractivity contribution in [3.63, 3.8) is 0 Å². The number of sulfonamides is 1. The van der Waals surface area contributed by atoms with Crippen molar-refractivity contribution in [3.05, 3.63) is 60.7 Å². The van der Waals surface area contributed by atoms with Crippen LogP contribution in [0.1, 0.15) is 33.6 Å². The summed E-state index contributed by atoms with van der Waals surface area (Å²) in [6.07, 6.45) is 3.35. The quantitative estimate of drug-likeness (QED) is 0.509. The van der Waals surface area contributed by atoms with E-state index < -0.39 is 27.5 Å². The predicted molar refractivity (Wildman–Crippen MR) is 138 cm³/mol. The van der Waals surface area contributed by atoms with Gasteiger partial charge >= 0.3 is 6.09 Å². The van der Waals surface area contributed by atoms with Crippen molar-refractivity contribution in [3.8, 4) is 22.4 Å². The lowest BCUT2D eigenvalue weighted by molar-refractivity contribution is 0.0487. The minimum Gasteiger partial charge on any atom is -0.444 e. The largest absolute Gasteiger partial charge is 0.444 e. The van der Waals surface area contributed by atoms with Gasteiger partial charge in [-0.1, -0.05) is 24.3 Å². The molecule has 1 unspecified atom stereocenters. The van der Waals surface area contributed by atoms with Crippen molar-refractivity contribution in [2.75, 3.05) is 18.8 Å². The Morgan fingerprint density at radius 3 is 2.57 bits per heavy atom. The Hall–Kier alpha value is -3.57. The average Bonchev–Trinajstić information content (AvgIpc) is 2.83. The third kappa shape index (κ3) is 6.23. The summed E-state index contributed by atoms with van der Waals surface area (Å²) in [5.41, 5.74) is 6.23. The molecule has 0 radical (unpaired) electrons. The van der Waals surface area contributed by atoms with Gasteiger partial charge in [0.05, 0.1) is 23.0 Å². The van der Waals surface area contributed by atoms with Gasteiger partial charge in [-0.15, -0.1) is 0 Å². The highest BCUT2D eigenvalue weighted by atomic mass is 32.2. The van der Waals surface area contributed by atoms with E-state index in [1.807, 2.05) is 0 Å². The Bertz CT molecular complexity index is 1390. The van der Waals surface area contributed by atoms with Gasteiger partial charge in [0, 0.05) is 30.3 Å². The third-order valence-corrected chi connectivity index (χ3v) is 7.76. The molecule has 1 amide bonds. The minimum atomic E-state index is -3.94. The molecule has 196 valence electrons. The first-order chi connectivity index (χ1) is 17.4. The Balaban J connectivity index is 1.59. The maximum absolute atomic E-state index is 15.1. The van der Waals surface area contributed by atoms with Crippen molar-refractivity contribution in [1.29, 1.82) is 0 Å². The average molecular weight is 528 g/mol. The summed E-state index contributed by atoms with van der Waals surface area (Å²) < 4.78 is 49.2. The van der Waals surface area contributed by atoms with E-state index in [4.69, 9.17) is 10.5 Å². The van der Waals surface area contributed by atoms with Crippen LogP contribution in [-0.2, 0) is 14.8 Å². The molecule has 0 bridgehead atoms. The highest BCUT2D eigenvalue weighted by molar-refractivity contribution is 7.89. The van der Waals surface area contributed by atoms with Crippen LogP contribution in [0.5, 0.6) is 0 Å². The topological polar surface area (TPSA) is 128 Å².